The molecule has 0 aliphatic heterocycles. The van der Waals surface area contributed by atoms with Crippen molar-refractivity contribution in [1.82, 2.24) is 0 Å². The van der Waals surface area contributed by atoms with Crippen LogP contribution in [-0.4, -0.2) is 5.78 Å². The van der Waals surface area contributed by atoms with E-state index in [1.165, 1.54) is 17.4 Å². The topological polar surface area (TPSA) is 17.1 Å². The van der Waals surface area contributed by atoms with Crippen LogP contribution in [-0.2, 0) is 6.42 Å². The summed E-state index contributed by atoms with van der Waals surface area (Å²) in [4.78, 5) is 12.6. The molecule has 2 aromatic rings. The van der Waals surface area contributed by atoms with E-state index in [9.17, 15) is 9.18 Å². The average Bonchev–Trinajstić information content (AvgIpc) is 2.68. The van der Waals surface area contributed by atoms with E-state index in [2.05, 4.69) is 0 Å². The summed E-state index contributed by atoms with van der Waals surface area (Å²) < 4.78 is 13.3. The standard InChI is InChI=1S/C13H11FOS/c1-9-6-7-16-13(9)12(15)8-10-4-2-3-5-11(10)14/h2-7H,8H2,1H3. The smallest absolute Gasteiger partial charge is 0.177 e. The Morgan fingerprint density at radius 2 is 2.06 bits per heavy atom. The third kappa shape index (κ3) is 2.19. The molecule has 0 saturated carbocycles. The largest absolute Gasteiger partial charge is 0.293 e. The van der Waals surface area contributed by atoms with Crippen LogP contribution in [0, 0.1) is 12.7 Å². The summed E-state index contributed by atoms with van der Waals surface area (Å²) in [5, 5.41) is 1.88. The summed E-state index contributed by atoms with van der Waals surface area (Å²) >= 11 is 1.41. The number of carbonyl (C=O) groups excluding carboxylic acids is 1. The van der Waals surface area contributed by atoms with Crippen LogP contribution in [0.5, 0.6) is 0 Å². The molecule has 0 saturated heterocycles. The van der Waals surface area contributed by atoms with Crippen LogP contribution in [0.3, 0.4) is 0 Å². The van der Waals surface area contributed by atoms with Gasteiger partial charge >= 0.3 is 0 Å². The van der Waals surface area contributed by atoms with E-state index >= 15 is 0 Å². The molecule has 0 amide bonds. The lowest BCUT2D eigenvalue weighted by atomic mass is 10.1. The summed E-state index contributed by atoms with van der Waals surface area (Å²) in [5.41, 5.74) is 1.42. The molecule has 0 radical (unpaired) electrons. The highest BCUT2D eigenvalue weighted by Crippen LogP contribution is 2.19. The summed E-state index contributed by atoms with van der Waals surface area (Å²) in [6.45, 7) is 1.89. The molecule has 0 fully saturated rings. The number of ketones is 1. The highest BCUT2D eigenvalue weighted by molar-refractivity contribution is 7.12. The molecule has 82 valence electrons. The fraction of sp³-hybridized carbons (Fsp3) is 0.154. The van der Waals surface area contributed by atoms with Gasteiger partial charge in [-0.3, -0.25) is 4.79 Å². The van der Waals surface area contributed by atoms with E-state index < -0.39 is 0 Å². The number of hydrogen-bond acceptors (Lipinski definition) is 2. The number of halogens is 1. The molecule has 1 heterocycles. The molecule has 0 N–H and O–H groups in total. The maximum atomic E-state index is 13.3. The number of aryl methyl sites for hydroxylation is 1. The molecule has 1 aromatic heterocycles. The number of Topliss-reactive ketones (excluding diaryl/α,β-unsaturated/α-hetero) is 1. The molecule has 2 rings (SSSR count). The van der Waals surface area contributed by atoms with Crippen LogP contribution in [0.25, 0.3) is 0 Å². The highest BCUT2D eigenvalue weighted by atomic mass is 32.1. The fourth-order valence-electron chi connectivity index (χ4n) is 1.55. The zero-order valence-electron chi connectivity index (χ0n) is 8.87. The third-order valence-corrected chi connectivity index (χ3v) is 3.48. The Kier molecular flexibility index (Phi) is 3.15. The van der Waals surface area contributed by atoms with Crippen molar-refractivity contribution in [3.8, 4) is 0 Å². The van der Waals surface area contributed by atoms with Crippen LogP contribution in [0.2, 0.25) is 0 Å². The zero-order chi connectivity index (χ0) is 11.5. The first-order chi connectivity index (χ1) is 7.68. The monoisotopic (exact) mass is 234 g/mol. The maximum absolute atomic E-state index is 13.3. The predicted octanol–water partition coefficient (Wildman–Crippen LogP) is 3.62. The molecule has 0 aliphatic rings. The Labute approximate surface area is 97.6 Å². The maximum Gasteiger partial charge on any atom is 0.177 e. The fourth-order valence-corrected chi connectivity index (χ4v) is 2.42. The van der Waals surface area contributed by atoms with Crippen molar-refractivity contribution in [3.63, 3.8) is 0 Å². The Morgan fingerprint density at radius 3 is 2.69 bits per heavy atom. The first-order valence-electron chi connectivity index (χ1n) is 4.99. The van der Waals surface area contributed by atoms with Crippen molar-refractivity contribution in [2.24, 2.45) is 0 Å². The molecule has 1 aromatic carbocycles. The van der Waals surface area contributed by atoms with Gasteiger partial charge in [0.25, 0.3) is 0 Å². The minimum atomic E-state index is -0.315. The molecule has 0 spiro atoms. The molecule has 0 atom stereocenters. The normalized spacial score (nSPS) is 10.4. The van der Waals surface area contributed by atoms with Gasteiger partial charge in [-0.25, -0.2) is 4.39 Å². The summed E-state index contributed by atoms with van der Waals surface area (Å²) in [6, 6.07) is 8.30. The van der Waals surface area contributed by atoms with Gasteiger partial charge in [0, 0.05) is 6.42 Å². The quantitative estimate of drug-likeness (QED) is 0.741. The van der Waals surface area contributed by atoms with Gasteiger partial charge in [0.1, 0.15) is 5.82 Å². The second-order valence-electron chi connectivity index (χ2n) is 3.62. The second-order valence-corrected chi connectivity index (χ2v) is 4.54. The zero-order valence-corrected chi connectivity index (χ0v) is 9.68. The van der Waals surface area contributed by atoms with Gasteiger partial charge in [-0.2, -0.15) is 0 Å². The number of rotatable bonds is 3. The lowest BCUT2D eigenvalue weighted by Crippen LogP contribution is -2.04. The Balaban J connectivity index is 2.21. The Morgan fingerprint density at radius 1 is 1.31 bits per heavy atom. The van der Waals surface area contributed by atoms with Crippen molar-refractivity contribution in [3.05, 3.63) is 57.5 Å². The molecule has 3 heteroatoms. The van der Waals surface area contributed by atoms with Gasteiger partial charge in [0.2, 0.25) is 0 Å². The molecule has 1 nitrogen and oxygen atoms in total. The van der Waals surface area contributed by atoms with E-state index in [0.717, 1.165) is 10.4 Å². The molecule has 0 unspecified atom stereocenters. The van der Waals surface area contributed by atoms with Crippen LogP contribution in [0.1, 0.15) is 20.8 Å². The van der Waals surface area contributed by atoms with E-state index in [1.54, 1.807) is 18.2 Å². The SMILES string of the molecule is Cc1ccsc1C(=O)Cc1ccccc1F. The van der Waals surface area contributed by atoms with Crippen molar-refractivity contribution in [2.75, 3.05) is 0 Å². The van der Waals surface area contributed by atoms with Crippen molar-refractivity contribution in [2.45, 2.75) is 13.3 Å². The number of carbonyl (C=O) groups is 1. The van der Waals surface area contributed by atoms with Gasteiger partial charge < -0.3 is 0 Å². The second kappa shape index (κ2) is 4.58. The molecule has 0 aliphatic carbocycles. The van der Waals surface area contributed by atoms with E-state index in [4.69, 9.17) is 0 Å². The van der Waals surface area contributed by atoms with Crippen LogP contribution >= 0.6 is 11.3 Å². The Bertz CT molecular complexity index is 516. The number of thiophene rings is 1. The summed E-state index contributed by atoms with van der Waals surface area (Å²) in [5.74, 6) is -0.331. The lowest BCUT2D eigenvalue weighted by Gasteiger charge is -2.01. The number of benzene rings is 1. The van der Waals surface area contributed by atoms with Gasteiger partial charge in [-0.1, -0.05) is 18.2 Å². The van der Waals surface area contributed by atoms with Crippen molar-refractivity contribution < 1.29 is 9.18 Å². The first-order valence-corrected chi connectivity index (χ1v) is 5.87. The average molecular weight is 234 g/mol. The predicted molar refractivity (Wildman–Crippen MR) is 63.5 cm³/mol. The molecule has 0 bridgehead atoms. The molecular formula is C13H11FOS. The van der Waals surface area contributed by atoms with E-state index in [-0.39, 0.29) is 18.0 Å². The van der Waals surface area contributed by atoms with Crippen LogP contribution < -0.4 is 0 Å². The highest BCUT2D eigenvalue weighted by Gasteiger charge is 2.13. The van der Waals surface area contributed by atoms with Crippen LogP contribution in [0.4, 0.5) is 4.39 Å². The first kappa shape index (κ1) is 11.0. The minimum absolute atomic E-state index is 0.0161. The van der Waals surface area contributed by atoms with Gasteiger partial charge in [-0.05, 0) is 35.6 Å². The van der Waals surface area contributed by atoms with Gasteiger partial charge in [-0.15, -0.1) is 11.3 Å². The third-order valence-electron chi connectivity index (χ3n) is 2.42. The van der Waals surface area contributed by atoms with Crippen LogP contribution in [0.15, 0.2) is 35.7 Å². The molecular weight excluding hydrogens is 223 g/mol. The lowest BCUT2D eigenvalue weighted by molar-refractivity contribution is 0.0995. The minimum Gasteiger partial charge on any atom is -0.293 e. The Hall–Kier alpha value is -1.48. The van der Waals surface area contributed by atoms with Crippen molar-refractivity contribution >= 4 is 17.1 Å². The summed E-state index contributed by atoms with van der Waals surface area (Å²) in [6.07, 6.45) is 0.133. The number of hydrogen-bond donors (Lipinski definition) is 0. The van der Waals surface area contributed by atoms with E-state index in [1.807, 2.05) is 18.4 Å². The van der Waals surface area contributed by atoms with Gasteiger partial charge in [0.05, 0.1) is 4.88 Å². The summed E-state index contributed by atoms with van der Waals surface area (Å²) in [7, 11) is 0. The van der Waals surface area contributed by atoms with Gasteiger partial charge in [0.15, 0.2) is 5.78 Å². The van der Waals surface area contributed by atoms with Crippen molar-refractivity contribution in [1.29, 1.82) is 0 Å². The van der Waals surface area contributed by atoms with E-state index in [0.29, 0.717) is 5.56 Å². The molecule has 16 heavy (non-hydrogen) atoms.